The number of nitrogens with zero attached hydrogens (tertiary/aromatic N) is 3. The summed E-state index contributed by atoms with van der Waals surface area (Å²) in [7, 11) is 1.74. The minimum absolute atomic E-state index is 0.138. The summed E-state index contributed by atoms with van der Waals surface area (Å²) in [5.74, 6) is -0.850. The molecule has 6 nitrogen and oxygen atoms in total. The zero-order valence-electron chi connectivity index (χ0n) is 21.9. The molecule has 0 radical (unpaired) electrons. The van der Waals surface area contributed by atoms with Gasteiger partial charge in [0.05, 0.1) is 18.2 Å². The molecule has 6 heteroatoms. The molecule has 0 saturated carbocycles. The van der Waals surface area contributed by atoms with E-state index in [1.54, 1.807) is 16.8 Å². The van der Waals surface area contributed by atoms with Crippen molar-refractivity contribution in [3.63, 3.8) is 0 Å². The van der Waals surface area contributed by atoms with E-state index in [0.29, 0.717) is 18.7 Å². The molecule has 2 amide bonds. The Hall–Kier alpha value is -4.71. The Morgan fingerprint density at radius 1 is 0.821 bits per heavy atom. The van der Waals surface area contributed by atoms with Crippen molar-refractivity contribution in [1.29, 1.82) is 0 Å². The number of rotatable bonds is 8. The van der Waals surface area contributed by atoms with Gasteiger partial charge in [-0.1, -0.05) is 114 Å². The topological polar surface area (TPSA) is 62.2 Å². The van der Waals surface area contributed by atoms with E-state index in [1.807, 2.05) is 121 Å². The van der Waals surface area contributed by atoms with Crippen LogP contribution in [-0.4, -0.2) is 42.1 Å². The minimum atomic E-state index is -0.697. The fraction of sp³-hybridized carbons (Fsp3) is 0.182. The van der Waals surface area contributed by atoms with E-state index < -0.39 is 12.0 Å². The van der Waals surface area contributed by atoms with E-state index in [-0.39, 0.29) is 18.4 Å². The van der Waals surface area contributed by atoms with Gasteiger partial charge in [-0.15, -0.1) is 0 Å². The Balaban J connectivity index is 1.45. The summed E-state index contributed by atoms with van der Waals surface area (Å²) in [4.78, 5) is 37.1. The summed E-state index contributed by atoms with van der Waals surface area (Å²) >= 11 is 0. The van der Waals surface area contributed by atoms with Crippen LogP contribution in [0.5, 0.6) is 0 Å². The van der Waals surface area contributed by atoms with E-state index in [4.69, 9.17) is 4.84 Å². The Morgan fingerprint density at radius 2 is 1.33 bits per heavy atom. The molecule has 5 rings (SSSR count). The number of benzene rings is 4. The second-order valence-corrected chi connectivity index (χ2v) is 9.59. The van der Waals surface area contributed by atoms with Crippen LogP contribution in [0.1, 0.15) is 29.0 Å². The SMILES string of the molecule is CN(C(=O)[C@@H]1C/C(=N\OCc2ccccc2)CN1C(=O)C(c1ccccc1)c1ccccc1)c1ccccc1. The highest BCUT2D eigenvalue weighted by atomic mass is 16.6. The molecule has 1 saturated heterocycles. The van der Waals surface area contributed by atoms with E-state index >= 15 is 0 Å². The molecule has 1 aliphatic rings. The molecule has 0 aliphatic carbocycles. The quantitative estimate of drug-likeness (QED) is 0.284. The van der Waals surface area contributed by atoms with Gasteiger partial charge in [-0.25, -0.2) is 0 Å². The van der Waals surface area contributed by atoms with Crippen LogP contribution in [0.2, 0.25) is 0 Å². The normalized spacial score (nSPS) is 15.9. The molecule has 1 atom stereocenters. The van der Waals surface area contributed by atoms with Crippen molar-refractivity contribution in [2.45, 2.75) is 25.0 Å². The molecule has 196 valence electrons. The van der Waals surface area contributed by atoms with Crippen LogP contribution in [0.3, 0.4) is 0 Å². The zero-order chi connectivity index (χ0) is 27.0. The fourth-order valence-corrected chi connectivity index (χ4v) is 4.93. The summed E-state index contributed by atoms with van der Waals surface area (Å²) in [5, 5.41) is 4.37. The average molecular weight is 518 g/mol. The van der Waals surface area contributed by atoms with Gasteiger partial charge in [0.2, 0.25) is 11.8 Å². The highest BCUT2D eigenvalue weighted by molar-refractivity contribution is 6.07. The van der Waals surface area contributed by atoms with Gasteiger partial charge in [-0.2, -0.15) is 0 Å². The van der Waals surface area contributed by atoms with E-state index in [2.05, 4.69) is 5.16 Å². The van der Waals surface area contributed by atoms with Crippen molar-refractivity contribution in [2.75, 3.05) is 18.5 Å². The molecular formula is C33H31N3O3. The van der Waals surface area contributed by atoms with Crippen molar-refractivity contribution in [3.8, 4) is 0 Å². The highest BCUT2D eigenvalue weighted by Gasteiger charge is 2.42. The zero-order valence-corrected chi connectivity index (χ0v) is 21.9. The molecule has 0 spiro atoms. The number of hydrogen-bond donors (Lipinski definition) is 0. The maximum absolute atomic E-state index is 14.3. The average Bonchev–Trinajstić information content (AvgIpc) is 3.43. The number of para-hydroxylation sites is 1. The van der Waals surface area contributed by atoms with Crippen LogP contribution in [-0.2, 0) is 21.0 Å². The first kappa shape index (κ1) is 25.9. The van der Waals surface area contributed by atoms with Crippen molar-refractivity contribution in [1.82, 2.24) is 4.90 Å². The van der Waals surface area contributed by atoms with Crippen LogP contribution < -0.4 is 4.90 Å². The summed E-state index contributed by atoms with van der Waals surface area (Å²) in [5.41, 5.74) is 4.18. The van der Waals surface area contributed by atoms with Crippen molar-refractivity contribution < 1.29 is 14.4 Å². The number of amides is 2. The van der Waals surface area contributed by atoms with Gasteiger partial charge in [-0.05, 0) is 28.8 Å². The summed E-state index contributed by atoms with van der Waals surface area (Å²) in [6.45, 7) is 0.542. The maximum atomic E-state index is 14.3. The van der Waals surface area contributed by atoms with Gasteiger partial charge < -0.3 is 14.6 Å². The minimum Gasteiger partial charge on any atom is -0.391 e. The van der Waals surface area contributed by atoms with Gasteiger partial charge in [0, 0.05) is 19.2 Å². The van der Waals surface area contributed by atoms with Crippen molar-refractivity contribution >= 4 is 23.2 Å². The molecule has 0 unspecified atom stereocenters. The lowest BCUT2D eigenvalue weighted by atomic mass is 9.89. The molecule has 0 N–H and O–H groups in total. The maximum Gasteiger partial charge on any atom is 0.249 e. The summed E-state index contributed by atoms with van der Waals surface area (Å²) in [6, 6.07) is 37.9. The third-order valence-corrected chi connectivity index (χ3v) is 6.98. The number of anilines is 1. The molecule has 1 fully saturated rings. The van der Waals surface area contributed by atoms with Crippen LogP contribution in [0.4, 0.5) is 5.69 Å². The first-order chi connectivity index (χ1) is 19.1. The number of likely N-dealkylation sites (N-methyl/N-ethyl adjacent to an activating group) is 1. The second-order valence-electron chi connectivity index (χ2n) is 9.59. The number of carbonyl (C=O) groups excluding carboxylic acids is 2. The first-order valence-corrected chi connectivity index (χ1v) is 13.1. The number of oxime groups is 1. The predicted octanol–water partition coefficient (Wildman–Crippen LogP) is 5.66. The Bertz CT molecular complexity index is 1370. The third kappa shape index (κ3) is 6.07. The molecule has 4 aromatic rings. The summed E-state index contributed by atoms with van der Waals surface area (Å²) < 4.78 is 0. The lowest BCUT2D eigenvalue weighted by molar-refractivity contribution is -0.137. The van der Waals surface area contributed by atoms with E-state index in [9.17, 15) is 9.59 Å². The highest BCUT2D eigenvalue weighted by Crippen LogP contribution is 2.31. The van der Waals surface area contributed by atoms with Gasteiger partial charge in [0.1, 0.15) is 12.6 Å². The number of likely N-dealkylation sites (tertiary alicyclic amines) is 1. The Kier molecular flexibility index (Phi) is 8.12. The molecule has 0 bridgehead atoms. The summed E-state index contributed by atoms with van der Waals surface area (Å²) in [6.07, 6.45) is 0.312. The van der Waals surface area contributed by atoms with Crippen molar-refractivity contribution in [3.05, 3.63) is 138 Å². The molecule has 1 aliphatic heterocycles. The fourth-order valence-electron chi connectivity index (χ4n) is 4.93. The van der Waals surface area contributed by atoms with E-state index in [1.165, 1.54) is 0 Å². The lowest BCUT2D eigenvalue weighted by Crippen LogP contribution is -2.48. The lowest BCUT2D eigenvalue weighted by Gasteiger charge is -2.30. The molecule has 1 heterocycles. The van der Waals surface area contributed by atoms with E-state index in [0.717, 1.165) is 22.4 Å². The first-order valence-electron chi connectivity index (χ1n) is 13.1. The van der Waals surface area contributed by atoms with Gasteiger partial charge in [-0.3, -0.25) is 9.59 Å². The number of hydrogen-bond acceptors (Lipinski definition) is 4. The van der Waals surface area contributed by atoms with Crippen LogP contribution in [0, 0.1) is 0 Å². The Labute approximate surface area is 229 Å². The third-order valence-electron chi connectivity index (χ3n) is 6.98. The van der Waals surface area contributed by atoms with Gasteiger partial charge in [0.25, 0.3) is 0 Å². The largest absolute Gasteiger partial charge is 0.391 e. The monoisotopic (exact) mass is 517 g/mol. The molecule has 0 aromatic heterocycles. The molecular weight excluding hydrogens is 486 g/mol. The second kappa shape index (κ2) is 12.2. The number of carbonyl (C=O) groups is 2. The molecule has 39 heavy (non-hydrogen) atoms. The van der Waals surface area contributed by atoms with Gasteiger partial charge >= 0.3 is 0 Å². The van der Waals surface area contributed by atoms with Crippen LogP contribution in [0.25, 0.3) is 0 Å². The standard InChI is InChI=1S/C33H31N3O3/c1-35(29-20-12-5-13-21-29)32(37)30-22-28(34-39-24-25-14-6-2-7-15-25)23-36(30)33(38)31(26-16-8-3-9-17-26)27-18-10-4-11-19-27/h2-21,30-31H,22-24H2,1H3/b34-28+/t30-/m0/s1. The molecule has 4 aromatic carbocycles. The Morgan fingerprint density at radius 3 is 1.90 bits per heavy atom. The van der Waals surface area contributed by atoms with Crippen LogP contribution in [0.15, 0.2) is 126 Å². The van der Waals surface area contributed by atoms with Crippen molar-refractivity contribution in [2.24, 2.45) is 5.16 Å². The van der Waals surface area contributed by atoms with Gasteiger partial charge in [0.15, 0.2) is 0 Å². The van der Waals surface area contributed by atoms with Crippen LogP contribution >= 0.6 is 0 Å². The smallest absolute Gasteiger partial charge is 0.249 e. The predicted molar refractivity (Wildman–Crippen MR) is 153 cm³/mol.